The second kappa shape index (κ2) is 7.75. The van der Waals surface area contributed by atoms with Gasteiger partial charge in [0, 0.05) is 17.8 Å². The molecule has 0 spiro atoms. The van der Waals surface area contributed by atoms with Gasteiger partial charge in [-0.1, -0.05) is 19.1 Å². The number of morpholine rings is 1. The molecule has 4 rings (SSSR count). The lowest BCUT2D eigenvalue weighted by Gasteiger charge is -2.34. The highest BCUT2D eigenvalue weighted by Crippen LogP contribution is 2.29. The Bertz CT molecular complexity index is 888. The minimum Gasteiger partial charge on any atom is -0.481 e. The van der Waals surface area contributed by atoms with Gasteiger partial charge in [0.25, 0.3) is 5.91 Å². The van der Waals surface area contributed by atoms with Crippen LogP contribution in [0.2, 0.25) is 0 Å². The number of carbonyl (C=O) groups excluding carboxylic acids is 1. The first-order chi connectivity index (χ1) is 13.6. The molecule has 1 aliphatic carbocycles. The van der Waals surface area contributed by atoms with Crippen molar-refractivity contribution in [1.29, 1.82) is 0 Å². The molecule has 1 unspecified atom stereocenters. The number of aliphatic carboxylic acids is 1. The zero-order chi connectivity index (χ0) is 19.7. The van der Waals surface area contributed by atoms with Crippen LogP contribution < -0.4 is 0 Å². The van der Waals surface area contributed by atoms with Gasteiger partial charge in [-0.3, -0.25) is 9.59 Å². The van der Waals surface area contributed by atoms with Crippen molar-refractivity contribution in [1.82, 2.24) is 14.7 Å². The third-order valence-corrected chi connectivity index (χ3v) is 5.62. The molecule has 7 heteroatoms. The summed E-state index contributed by atoms with van der Waals surface area (Å²) >= 11 is 0. The molecule has 1 atom stereocenters. The van der Waals surface area contributed by atoms with Crippen molar-refractivity contribution in [2.24, 2.45) is 0 Å². The van der Waals surface area contributed by atoms with E-state index in [4.69, 9.17) is 4.74 Å². The van der Waals surface area contributed by atoms with Gasteiger partial charge in [0.2, 0.25) is 0 Å². The number of aryl methyl sites for hydroxylation is 1. The molecule has 1 aromatic heterocycles. The number of hydrogen-bond donors (Lipinski definition) is 1. The number of ether oxygens (including phenoxy) is 1. The number of carbonyl (C=O) groups is 2. The summed E-state index contributed by atoms with van der Waals surface area (Å²) in [5.41, 5.74) is 4.78. The number of amides is 1. The van der Waals surface area contributed by atoms with Crippen molar-refractivity contribution in [2.45, 2.75) is 45.1 Å². The number of nitrogens with zero attached hydrogens (tertiary/aromatic N) is 3. The van der Waals surface area contributed by atoms with E-state index in [9.17, 15) is 14.7 Å². The molecule has 0 bridgehead atoms. The van der Waals surface area contributed by atoms with Crippen LogP contribution in [0, 0.1) is 0 Å². The van der Waals surface area contributed by atoms with Crippen molar-refractivity contribution in [3.63, 3.8) is 0 Å². The molecule has 148 valence electrons. The first-order valence-electron chi connectivity index (χ1n) is 9.89. The second-order valence-electron chi connectivity index (χ2n) is 7.38. The predicted octanol–water partition coefficient (Wildman–Crippen LogP) is 2.24. The molecule has 1 fully saturated rings. The van der Waals surface area contributed by atoms with E-state index in [1.165, 1.54) is 5.56 Å². The third kappa shape index (κ3) is 3.42. The van der Waals surface area contributed by atoms with E-state index in [1.807, 2.05) is 16.8 Å². The third-order valence-electron chi connectivity index (χ3n) is 5.62. The second-order valence-corrected chi connectivity index (χ2v) is 7.38. The Morgan fingerprint density at radius 3 is 2.75 bits per heavy atom. The van der Waals surface area contributed by atoms with E-state index in [1.54, 1.807) is 4.90 Å². The lowest BCUT2D eigenvalue weighted by Crippen LogP contribution is -2.49. The summed E-state index contributed by atoms with van der Waals surface area (Å²) < 4.78 is 7.30. The van der Waals surface area contributed by atoms with Gasteiger partial charge in [0.05, 0.1) is 31.4 Å². The highest BCUT2D eigenvalue weighted by atomic mass is 16.5. The zero-order valence-corrected chi connectivity index (χ0v) is 16.1. The normalized spacial score (nSPS) is 18.9. The summed E-state index contributed by atoms with van der Waals surface area (Å²) in [6, 6.07) is 7.81. The van der Waals surface area contributed by atoms with Crippen LogP contribution in [0.1, 0.15) is 47.1 Å². The summed E-state index contributed by atoms with van der Waals surface area (Å²) in [6.07, 6.45) is 3.59. The van der Waals surface area contributed by atoms with Gasteiger partial charge in [0.15, 0.2) is 5.69 Å². The number of aromatic nitrogens is 2. The molecule has 1 saturated heterocycles. The van der Waals surface area contributed by atoms with Crippen LogP contribution in [0.25, 0.3) is 5.69 Å². The van der Waals surface area contributed by atoms with Crippen molar-refractivity contribution >= 4 is 11.9 Å². The molecule has 2 aliphatic rings. The number of benzene rings is 1. The molecule has 2 heterocycles. The molecule has 0 radical (unpaired) electrons. The fourth-order valence-electron chi connectivity index (χ4n) is 4.12. The van der Waals surface area contributed by atoms with Gasteiger partial charge in [-0.15, -0.1) is 0 Å². The van der Waals surface area contributed by atoms with E-state index in [-0.39, 0.29) is 18.9 Å². The minimum atomic E-state index is -0.930. The predicted molar refractivity (Wildman–Crippen MR) is 103 cm³/mol. The van der Waals surface area contributed by atoms with Crippen LogP contribution in [0.5, 0.6) is 0 Å². The van der Waals surface area contributed by atoms with Crippen molar-refractivity contribution in [3.05, 3.63) is 46.8 Å². The standard InChI is InChI=1S/C21H25N3O4/c1-2-14-6-8-15(9-7-14)24-18-5-3-4-17(18)20(22-24)21(27)23-10-11-28-13-16(23)12-19(25)26/h6-9,16H,2-5,10-13H2,1H3,(H,25,26). The Morgan fingerprint density at radius 2 is 2.04 bits per heavy atom. The molecular weight excluding hydrogens is 358 g/mol. The van der Waals surface area contributed by atoms with Gasteiger partial charge < -0.3 is 14.7 Å². The van der Waals surface area contributed by atoms with E-state index >= 15 is 0 Å². The molecule has 28 heavy (non-hydrogen) atoms. The monoisotopic (exact) mass is 383 g/mol. The Balaban J connectivity index is 1.67. The van der Waals surface area contributed by atoms with Gasteiger partial charge in [0.1, 0.15) is 0 Å². The number of rotatable bonds is 5. The molecule has 7 nitrogen and oxygen atoms in total. The zero-order valence-electron chi connectivity index (χ0n) is 16.1. The smallest absolute Gasteiger partial charge is 0.305 e. The molecule has 1 amide bonds. The summed E-state index contributed by atoms with van der Waals surface area (Å²) in [5.74, 6) is -1.11. The molecule has 2 aromatic rings. The Labute approximate surface area is 163 Å². The van der Waals surface area contributed by atoms with Crippen molar-refractivity contribution in [2.75, 3.05) is 19.8 Å². The maximum absolute atomic E-state index is 13.3. The first-order valence-corrected chi connectivity index (χ1v) is 9.89. The van der Waals surface area contributed by atoms with Gasteiger partial charge >= 0.3 is 5.97 Å². The highest BCUT2D eigenvalue weighted by Gasteiger charge is 2.34. The van der Waals surface area contributed by atoms with Crippen molar-refractivity contribution in [3.8, 4) is 5.69 Å². The van der Waals surface area contributed by atoms with E-state index in [0.717, 1.165) is 42.6 Å². The average molecular weight is 383 g/mol. The fraction of sp³-hybridized carbons (Fsp3) is 0.476. The van der Waals surface area contributed by atoms with Crippen LogP contribution in [0.15, 0.2) is 24.3 Å². The number of fused-ring (bicyclic) bond motifs is 1. The number of hydrogen-bond acceptors (Lipinski definition) is 4. The minimum absolute atomic E-state index is 0.118. The molecule has 0 saturated carbocycles. The summed E-state index contributed by atoms with van der Waals surface area (Å²) in [4.78, 5) is 26.1. The Morgan fingerprint density at radius 1 is 1.25 bits per heavy atom. The largest absolute Gasteiger partial charge is 0.481 e. The van der Waals surface area contributed by atoms with Crippen LogP contribution in [0.3, 0.4) is 0 Å². The maximum atomic E-state index is 13.3. The highest BCUT2D eigenvalue weighted by molar-refractivity contribution is 5.95. The van der Waals surface area contributed by atoms with Crippen molar-refractivity contribution < 1.29 is 19.4 Å². The number of carboxylic acid groups (broad SMARTS) is 1. The van der Waals surface area contributed by atoms with Crippen LogP contribution in [0.4, 0.5) is 0 Å². The Kier molecular flexibility index (Phi) is 5.17. The number of carboxylic acids is 1. The van der Waals surface area contributed by atoms with Gasteiger partial charge in [-0.2, -0.15) is 5.10 Å². The van der Waals surface area contributed by atoms with E-state index in [2.05, 4.69) is 24.2 Å². The summed E-state index contributed by atoms with van der Waals surface area (Å²) in [6.45, 7) is 3.18. The fourth-order valence-corrected chi connectivity index (χ4v) is 4.12. The van der Waals surface area contributed by atoms with E-state index in [0.29, 0.717) is 18.8 Å². The topological polar surface area (TPSA) is 84.7 Å². The first kappa shape index (κ1) is 18.7. The maximum Gasteiger partial charge on any atom is 0.305 e. The lowest BCUT2D eigenvalue weighted by molar-refractivity contribution is -0.139. The molecule has 1 N–H and O–H groups in total. The molecular formula is C21H25N3O4. The molecule has 1 aromatic carbocycles. The Hall–Kier alpha value is -2.67. The van der Waals surface area contributed by atoms with Crippen LogP contribution >= 0.6 is 0 Å². The van der Waals surface area contributed by atoms with E-state index < -0.39 is 12.0 Å². The SMILES string of the molecule is CCc1ccc(-n2nc(C(=O)N3CCOCC3CC(=O)O)c3c2CCC3)cc1. The summed E-state index contributed by atoms with van der Waals surface area (Å²) in [5, 5.41) is 13.9. The summed E-state index contributed by atoms with van der Waals surface area (Å²) in [7, 11) is 0. The lowest BCUT2D eigenvalue weighted by atomic mass is 10.1. The van der Waals surface area contributed by atoms with Gasteiger partial charge in [-0.05, 0) is 43.4 Å². The molecule has 1 aliphatic heterocycles. The van der Waals surface area contributed by atoms with Crippen LogP contribution in [-0.4, -0.2) is 57.5 Å². The quantitative estimate of drug-likeness (QED) is 0.856. The van der Waals surface area contributed by atoms with Crippen LogP contribution in [-0.2, 0) is 28.8 Å². The van der Waals surface area contributed by atoms with Gasteiger partial charge in [-0.25, -0.2) is 4.68 Å². The average Bonchev–Trinajstić information content (AvgIpc) is 3.30.